The fourth-order valence-electron chi connectivity index (χ4n) is 4.55. The molecule has 174 valence electrons. The van der Waals surface area contributed by atoms with Crippen molar-refractivity contribution in [2.24, 2.45) is 0 Å². The molecule has 1 saturated carbocycles. The number of sulfonamides is 1. The van der Waals surface area contributed by atoms with Gasteiger partial charge in [-0.2, -0.15) is 4.31 Å². The molecule has 0 radical (unpaired) electrons. The van der Waals surface area contributed by atoms with Crippen molar-refractivity contribution in [3.63, 3.8) is 0 Å². The number of rotatable bonds is 10. The third-order valence-corrected chi connectivity index (χ3v) is 8.48. The van der Waals surface area contributed by atoms with Crippen molar-refractivity contribution in [1.82, 2.24) is 9.21 Å². The highest BCUT2D eigenvalue weighted by Gasteiger charge is 2.32. The van der Waals surface area contributed by atoms with Gasteiger partial charge in [0.05, 0.1) is 15.9 Å². The molecule has 1 heterocycles. The average molecular weight is 454 g/mol. The van der Waals surface area contributed by atoms with Crippen LogP contribution in [-0.4, -0.2) is 68.0 Å². The molecule has 0 spiro atoms. The Morgan fingerprint density at radius 2 is 1.71 bits per heavy atom. The van der Waals surface area contributed by atoms with Gasteiger partial charge >= 0.3 is 0 Å². The molecule has 0 atom stereocenters. The summed E-state index contributed by atoms with van der Waals surface area (Å²) in [6, 6.07) is 5.01. The number of nitrogens with zero attached hydrogens (tertiary/aromatic N) is 3. The number of non-ortho nitro benzene ring substituents is 1. The van der Waals surface area contributed by atoms with Crippen LogP contribution in [0.2, 0.25) is 0 Å². The standard InChI is InChI=1S/C22H35N3O5S/c1-23(31(28,29)22-13-9-20(10-14-22)25(26)27)19-7-11-21(12-8-19)30-18-6-5-17-24-15-3-2-4-16-24/h9-10,13-14,19,21H,2-8,11-12,15-18H2,1H3. The van der Waals surface area contributed by atoms with Crippen LogP contribution < -0.4 is 0 Å². The zero-order valence-corrected chi connectivity index (χ0v) is 19.3. The number of ether oxygens (including phenoxy) is 1. The van der Waals surface area contributed by atoms with Crippen LogP contribution in [0, 0.1) is 10.1 Å². The van der Waals surface area contributed by atoms with Gasteiger partial charge in [0.2, 0.25) is 10.0 Å². The third-order valence-electron chi connectivity index (χ3n) is 6.55. The van der Waals surface area contributed by atoms with Gasteiger partial charge in [0.15, 0.2) is 0 Å². The van der Waals surface area contributed by atoms with Crippen LogP contribution in [0.25, 0.3) is 0 Å². The quantitative estimate of drug-likeness (QED) is 0.304. The molecule has 1 saturated heterocycles. The van der Waals surface area contributed by atoms with E-state index in [2.05, 4.69) is 4.90 Å². The summed E-state index contributed by atoms with van der Waals surface area (Å²) in [7, 11) is -2.07. The Morgan fingerprint density at radius 1 is 1.06 bits per heavy atom. The topological polar surface area (TPSA) is 93.0 Å². The average Bonchev–Trinajstić information content (AvgIpc) is 2.79. The zero-order valence-electron chi connectivity index (χ0n) is 18.4. The van der Waals surface area contributed by atoms with Crippen LogP contribution in [0.3, 0.4) is 0 Å². The van der Waals surface area contributed by atoms with E-state index in [1.807, 2.05) is 0 Å². The predicted molar refractivity (Wildman–Crippen MR) is 120 cm³/mol. The number of likely N-dealkylation sites (tertiary alicyclic amines) is 1. The van der Waals surface area contributed by atoms with E-state index in [-0.39, 0.29) is 22.7 Å². The lowest BCUT2D eigenvalue weighted by Crippen LogP contribution is -2.40. The van der Waals surface area contributed by atoms with Crippen molar-refractivity contribution < 1.29 is 18.1 Å². The second-order valence-electron chi connectivity index (χ2n) is 8.68. The van der Waals surface area contributed by atoms with Crippen LogP contribution >= 0.6 is 0 Å². The number of piperidine rings is 1. The molecule has 31 heavy (non-hydrogen) atoms. The van der Waals surface area contributed by atoms with Gasteiger partial charge in [-0.05, 0) is 83.1 Å². The summed E-state index contributed by atoms with van der Waals surface area (Å²) in [5.41, 5.74) is -0.116. The lowest BCUT2D eigenvalue weighted by molar-refractivity contribution is -0.384. The van der Waals surface area contributed by atoms with E-state index in [9.17, 15) is 18.5 Å². The van der Waals surface area contributed by atoms with Crippen LogP contribution in [0.5, 0.6) is 0 Å². The van der Waals surface area contributed by atoms with E-state index in [0.717, 1.165) is 38.7 Å². The highest BCUT2D eigenvalue weighted by Crippen LogP contribution is 2.29. The maximum absolute atomic E-state index is 12.9. The summed E-state index contributed by atoms with van der Waals surface area (Å²) in [6.07, 6.45) is 9.73. The minimum Gasteiger partial charge on any atom is -0.378 e. The molecular weight excluding hydrogens is 418 g/mol. The number of hydrogen-bond donors (Lipinski definition) is 0. The molecule has 1 aliphatic carbocycles. The Kier molecular flexibility index (Phi) is 8.83. The molecule has 1 aromatic rings. The van der Waals surface area contributed by atoms with Gasteiger partial charge in [0.1, 0.15) is 0 Å². The van der Waals surface area contributed by atoms with Gasteiger partial charge in [-0.3, -0.25) is 10.1 Å². The van der Waals surface area contributed by atoms with E-state index in [1.54, 1.807) is 7.05 Å². The molecule has 8 nitrogen and oxygen atoms in total. The van der Waals surface area contributed by atoms with Gasteiger partial charge in [-0.1, -0.05) is 6.42 Å². The Hall–Kier alpha value is -1.55. The fourth-order valence-corrected chi connectivity index (χ4v) is 5.96. The first kappa shape index (κ1) is 24.1. The van der Waals surface area contributed by atoms with Crippen molar-refractivity contribution >= 4 is 15.7 Å². The zero-order chi connectivity index (χ0) is 22.3. The number of unbranched alkanes of at least 4 members (excludes halogenated alkanes) is 1. The minimum atomic E-state index is -3.67. The molecule has 0 unspecified atom stereocenters. The Bertz CT molecular complexity index is 801. The first-order valence-corrected chi connectivity index (χ1v) is 12.9. The molecular formula is C22H35N3O5S. The summed E-state index contributed by atoms with van der Waals surface area (Å²) in [4.78, 5) is 12.9. The molecule has 9 heteroatoms. The molecule has 0 bridgehead atoms. The highest BCUT2D eigenvalue weighted by molar-refractivity contribution is 7.89. The summed E-state index contributed by atoms with van der Waals surface area (Å²) < 4.78 is 33.3. The smallest absolute Gasteiger partial charge is 0.269 e. The number of benzene rings is 1. The summed E-state index contributed by atoms with van der Waals surface area (Å²) >= 11 is 0. The molecule has 2 aliphatic rings. The Morgan fingerprint density at radius 3 is 2.32 bits per heavy atom. The lowest BCUT2D eigenvalue weighted by atomic mass is 9.93. The summed E-state index contributed by atoms with van der Waals surface area (Å²) in [5, 5.41) is 10.8. The number of nitro benzene ring substituents is 1. The maximum atomic E-state index is 12.9. The molecule has 2 fully saturated rings. The Balaban J connectivity index is 1.38. The summed E-state index contributed by atoms with van der Waals surface area (Å²) in [5.74, 6) is 0. The van der Waals surface area contributed by atoms with E-state index >= 15 is 0 Å². The second-order valence-corrected chi connectivity index (χ2v) is 10.7. The Labute approximate surface area is 185 Å². The van der Waals surface area contributed by atoms with Crippen molar-refractivity contribution in [1.29, 1.82) is 0 Å². The first-order chi connectivity index (χ1) is 14.9. The molecule has 3 rings (SSSR count). The molecule has 0 aromatic heterocycles. The van der Waals surface area contributed by atoms with Gasteiger partial charge in [-0.25, -0.2) is 8.42 Å². The first-order valence-electron chi connectivity index (χ1n) is 11.4. The van der Waals surface area contributed by atoms with E-state index in [0.29, 0.717) is 0 Å². The molecule has 0 amide bonds. The predicted octanol–water partition coefficient (Wildman–Crippen LogP) is 3.81. The van der Waals surface area contributed by atoms with Gasteiger partial charge < -0.3 is 9.64 Å². The monoisotopic (exact) mass is 453 g/mol. The van der Waals surface area contributed by atoms with Crippen molar-refractivity contribution in [2.45, 2.75) is 74.8 Å². The van der Waals surface area contributed by atoms with E-state index in [4.69, 9.17) is 4.74 Å². The SMILES string of the molecule is CN(C1CCC(OCCCCN2CCCCC2)CC1)S(=O)(=O)c1ccc([N+](=O)[O-])cc1. The van der Waals surface area contributed by atoms with Gasteiger partial charge in [-0.15, -0.1) is 0 Å². The number of nitro groups is 1. The fraction of sp³-hybridized carbons (Fsp3) is 0.727. The van der Waals surface area contributed by atoms with Gasteiger partial charge in [0, 0.05) is 31.8 Å². The normalized spacial score (nSPS) is 23.2. The third kappa shape index (κ3) is 6.71. The van der Waals surface area contributed by atoms with Crippen molar-refractivity contribution in [3.8, 4) is 0 Å². The van der Waals surface area contributed by atoms with Crippen LogP contribution in [0.1, 0.15) is 57.8 Å². The van der Waals surface area contributed by atoms with Crippen LogP contribution in [-0.2, 0) is 14.8 Å². The second kappa shape index (κ2) is 11.4. The van der Waals surface area contributed by atoms with Crippen molar-refractivity contribution in [3.05, 3.63) is 34.4 Å². The lowest BCUT2D eigenvalue weighted by Gasteiger charge is -2.34. The number of hydrogen-bond acceptors (Lipinski definition) is 6. The largest absolute Gasteiger partial charge is 0.378 e. The minimum absolute atomic E-state index is 0.0702. The summed E-state index contributed by atoms with van der Waals surface area (Å²) in [6.45, 7) is 4.42. The highest BCUT2D eigenvalue weighted by atomic mass is 32.2. The molecule has 1 aliphatic heterocycles. The van der Waals surface area contributed by atoms with Crippen LogP contribution in [0.15, 0.2) is 29.2 Å². The molecule has 1 aromatic carbocycles. The van der Waals surface area contributed by atoms with Gasteiger partial charge in [0.25, 0.3) is 5.69 Å². The maximum Gasteiger partial charge on any atom is 0.269 e. The molecule has 0 N–H and O–H groups in total. The van der Waals surface area contributed by atoms with Crippen molar-refractivity contribution in [2.75, 3.05) is 33.3 Å². The van der Waals surface area contributed by atoms with E-state index < -0.39 is 14.9 Å². The van der Waals surface area contributed by atoms with Crippen LogP contribution in [0.4, 0.5) is 5.69 Å². The van der Waals surface area contributed by atoms with E-state index in [1.165, 1.54) is 73.9 Å².